The van der Waals surface area contributed by atoms with Gasteiger partial charge in [0.15, 0.2) is 0 Å². The summed E-state index contributed by atoms with van der Waals surface area (Å²) in [5.41, 5.74) is 1.06. The van der Waals surface area contributed by atoms with Gasteiger partial charge in [-0.1, -0.05) is 0 Å². The molecule has 0 spiro atoms. The maximum absolute atomic E-state index is 5.36. The van der Waals surface area contributed by atoms with Crippen molar-refractivity contribution in [3.05, 3.63) is 36.2 Å². The number of ether oxygens (including phenoxy) is 2. The summed E-state index contributed by atoms with van der Waals surface area (Å²) < 4.78 is 10.6. The highest BCUT2D eigenvalue weighted by Gasteiger charge is 2.21. The Hall–Kier alpha value is -1.84. The lowest BCUT2D eigenvalue weighted by molar-refractivity contribution is 0.320. The van der Waals surface area contributed by atoms with Crippen molar-refractivity contribution in [2.75, 3.05) is 21.3 Å². The first-order chi connectivity index (χ1) is 7.76. The first-order valence-corrected chi connectivity index (χ1v) is 5.13. The number of hydrogen-bond acceptors (Lipinski definition) is 4. The van der Waals surface area contributed by atoms with Crippen molar-refractivity contribution in [2.24, 2.45) is 0 Å². The first-order valence-electron chi connectivity index (χ1n) is 5.13. The molecule has 0 saturated heterocycles. The summed E-state index contributed by atoms with van der Waals surface area (Å²) >= 11 is 0. The molecule has 4 nitrogen and oxygen atoms in total. The number of rotatable bonds is 3. The van der Waals surface area contributed by atoms with Gasteiger partial charge in [-0.3, -0.25) is 0 Å². The number of hydrogen-bond donors (Lipinski definition) is 1. The van der Waals surface area contributed by atoms with E-state index in [1.165, 1.54) is 0 Å². The van der Waals surface area contributed by atoms with Crippen molar-refractivity contribution in [3.63, 3.8) is 0 Å². The summed E-state index contributed by atoms with van der Waals surface area (Å²) in [4.78, 5) is 2.08. The third kappa shape index (κ3) is 1.78. The highest BCUT2D eigenvalue weighted by atomic mass is 16.5. The molecule has 0 aromatic heterocycles. The molecule has 1 aromatic carbocycles. The number of nitrogens with zero attached hydrogens (tertiary/aromatic N) is 1. The molecule has 0 aliphatic carbocycles. The molecule has 16 heavy (non-hydrogen) atoms. The van der Waals surface area contributed by atoms with E-state index in [0.29, 0.717) is 0 Å². The van der Waals surface area contributed by atoms with E-state index in [1.54, 1.807) is 14.2 Å². The Labute approximate surface area is 95.5 Å². The maximum atomic E-state index is 5.36. The molecule has 1 aliphatic heterocycles. The second-order valence-electron chi connectivity index (χ2n) is 3.66. The molecular weight excluding hydrogens is 204 g/mol. The van der Waals surface area contributed by atoms with E-state index in [-0.39, 0.29) is 6.17 Å². The van der Waals surface area contributed by atoms with Crippen molar-refractivity contribution in [2.45, 2.75) is 6.17 Å². The van der Waals surface area contributed by atoms with Gasteiger partial charge in [-0.05, 0) is 18.2 Å². The fraction of sp³-hybridized carbons (Fsp3) is 0.333. The molecule has 0 amide bonds. The van der Waals surface area contributed by atoms with Gasteiger partial charge in [0.2, 0.25) is 0 Å². The largest absolute Gasteiger partial charge is 0.497 e. The van der Waals surface area contributed by atoms with E-state index >= 15 is 0 Å². The first kappa shape index (κ1) is 10.7. The molecule has 0 radical (unpaired) electrons. The van der Waals surface area contributed by atoms with Crippen LogP contribution in [0.15, 0.2) is 30.6 Å². The van der Waals surface area contributed by atoms with E-state index in [9.17, 15) is 0 Å². The molecule has 1 N–H and O–H groups in total. The van der Waals surface area contributed by atoms with E-state index in [0.717, 1.165) is 17.1 Å². The zero-order valence-electron chi connectivity index (χ0n) is 9.73. The van der Waals surface area contributed by atoms with Crippen molar-refractivity contribution < 1.29 is 9.47 Å². The molecule has 0 fully saturated rings. The monoisotopic (exact) mass is 220 g/mol. The molecule has 1 heterocycles. The van der Waals surface area contributed by atoms with E-state index < -0.39 is 0 Å². The molecule has 4 heteroatoms. The summed E-state index contributed by atoms with van der Waals surface area (Å²) in [7, 11) is 5.35. The highest BCUT2D eigenvalue weighted by Crippen LogP contribution is 2.32. The lowest BCUT2D eigenvalue weighted by Crippen LogP contribution is -2.23. The molecule has 1 aromatic rings. The van der Waals surface area contributed by atoms with Crippen LogP contribution in [0.25, 0.3) is 0 Å². The van der Waals surface area contributed by atoms with Crippen molar-refractivity contribution >= 4 is 0 Å². The SMILES string of the molecule is COc1ccc(OC)c(C2NC=CN2C)c1. The number of nitrogens with one attached hydrogen (secondary N) is 1. The topological polar surface area (TPSA) is 33.7 Å². The van der Waals surface area contributed by atoms with Gasteiger partial charge in [0.25, 0.3) is 0 Å². The van der Waals surface area contributed by atoms with Crippen molar-refractivity contribution in [3.8, 4) is 11.5 Å². The standard InChI is InChI=1S/C12H16N2O2/c1-14-7-6-13-12(14)10-8-9(15-2)4-5-11(10)16-3/h4-8,12-13H,1-3H3. The Morgan fingerprint density at radius 3 is 2.62 bits per heavy atom. The summed E-state index contributed by atoms with van der Waals surface area (Å²) in [6.45, 7) is 0. The second-order valence-corrected chi connectivity index (χ2v) is 3.66. The smallest absolute Gasteiger partial charge is 0.128 e. The lowest BCUT2D eigenvalue weighted by Gasteiger charge is -2.23. The zero-order valence-corrected chi connectivity index (χ0v) is 9.73. The Morgan fingerprint density at radius 1 is 1.25 bits per heavy atom. The maximum Gasteiger partial charge on any atom is 0.128 e. The van der Waals surface area contributed by atoms with Crippen molar-refractivity contribution in [1.29, 1.82) is 0 Å². The summed E-state index contributed by atoms with van der Waals surface area (Å²) in [5.74, 6) is 1.69. The Bertz CT molecular complexity index is 404. The van der Waals surface area contributed by atoms with Crippen LogP contribution in [0.4, 0.5) is 0 Å². The summed E-state index contributed by atoms with van der Waals surface area (Å²) in [6, 6.07) is 5.80. The predicted molar refractivity (Wildman–Crippen MR) is 62.3 cm³/mol. The summed E-state index contributed by atoms with van der Waals surface area (Å²) in [6.07, 6.45) is 4.01. The Kier molecular flexibility index (Phi) is 2.90. The second kappa shape index (κ2) is 4.35. The molecule has 1 atom stereocenters. The van der Waals surface area contributed by atoms with E-state index in [4.69, 9.17) is 9.47 Å². The summed E-state index contributed by atoms with van der Waals surface area (Å²) in [5, 5.41) is 3.26. The van der Waals surface area contributed by atoms with Crippen LogP contribution in [-0.2, 0) is 0 Å². The van der Waals surface area contributed by atoms with Gasteiger partial charge in [-0.25, -0.2) is 0 Å². The normalized spacial score (nSPS) is 18.4. The fourth-order valence-corrected chi connectivity index (χ4v) is 1.82. The van der Waals surface area contributed by atoms with Gasteiger partial charge in [-0.2, -0.15) is 0 Å². The average Bonchev–Trinajstić information content (AvgIpc) is 2.74. The highest BCUT2D eigenvalue weighted by molar-refractivity contribution is 5.42. The van der Waals surface area contributed by atoms with Gasteiger partial charge in [-0.15, -0.1) is 0 Å². The predicted octanol–water partition coefficient (Wildman–Crippen LogP) is 1.71. The molecular formula is C12H16N2O2. The third-order valence-corrected chi connectivity index (χ3v) is 2.70. The number of methoxy groups -OCH3 is 2. The van der Waals surface area contributed by atoms with E-state index in [1.807, 2.05) is 37.6 Å². The van der Waals surface area contributed by atoms with Gasteiger partial charge in [0, 0.05) is 25.0 Å². The van der Waals surface area contributed by atoms with Crippen LogP contribution in [0.1, 0.15) is 11.7 Å². The van der Waals surface area contributed by atoms with Crippen LogP contribution in [0.2, 0.25) is 0 Å². The molecule has 2 rings (SSSR count). The molecule has 0 saturated carbocycles. The molecule has 0 bridgehead atoms. The molecule has 1 aliphatic rings. The van der Waals surface area contributed by atoms with Crippen LogP contribution in [0.3, 0.4) is 0 Å². The van der Waals surface area contributed by atoms with Crippen LogP contribution in [-0.4, -0.2) is 26.2 Å². The minimum atomic E-state index is 0.102. The fourth-order valence-electron chi connectivity index (χ4n) is 1.82. The Morgan fingerprint density at radius 2 is 2.06 bits per heavy atom. The van der Waals surface area contributed by atoms with Gasteiger partial charge < -0.3 is 19.7 Å². The van der Waals surface area contributed by atoms with Gasteiger partial charge >= 0.3 is 0 Å². The van der Waals surface area contributed by atoms with Crippen molar-refractivity contribution in [1.82, 2.24) is 10.2 Å². The molecule has 86 valence electrons. The van der Waals surface area contributed by atoms with Crippen LogP contribution < -0.4 is 14.8 Å². The zero-order chi connectivity index (χ0) is 11.5. The Balaban J connectivity index is 2.36. The minimum absolute atomic E-state index is 0.102. The minimum Gasteiger partial charge on any atom is -0.497 e. The molecule has 1 unspecified atom stereocenters. The van der Waals surface area contributed by atoms with Crippen LogP contribution in [0.5, 0.6) is 11.5 Å². The van der Waals surface area contributed by atoms with Gasteiger partial charge in [0.05, 0.1) is 14.2 Å². The van der Waals surface area contributed by atoms with E-state index in [2.05, 4.69) is 10.2 Å². The van der Waals surface area contributed by atoms with Gasteiger partial charge in [0.1, 0.15) is 17.7 Å². The van der Waals surface area contributed by atoms with Crippen LogP contribution in [0, 0.1) is 0 Å². The third-order valence-electron chi connectivity index (χ3n) is 2.70. The quantitative estimate of drug-likeness (QED) is 0.840. The number of benzene rings is 1. The lowest BCUT2D eigenvalue weighted by atomic mass is 10.1. The average molecular weight is 220 g/mol. The van der Waals surface area contributed by atoms with Crippen LogP contribution >= 0.6 is 0 Å².